The van der Waals surface area contributed by atoms with Gasteiger partial charge in [0.15, 0.2) is 5.17 Å². The zero-order chi connectivity index (χ0) is 21.2. The first kappa shape index (κ1) is 22.6. The van der Waals surface area contributed by atoms with Crippen molar-refractivity contribution in [1.82, 2.24) is 5.32 Å². The average Bonchev–Trinajstić information content (AvgIpc) is 3.09. The van der Waals surface area contributed by atoms with Crippen LogP contribution >= 0.6 is 27.7 Å². The van der Waals surface area contributed by atoms with Crippen LogP contribution in [0.1, 0.15) is 51.0 Å². The molecule has 1 heterocycles. The molecule has 0 atom stereocenters. The molecule has 2 aromatic carbocycles. The molecule has 0 radical (unpaired) electrons. The van der Waals surface area contributed by atoms with Gasteiger partial charge in [0, 0.05) is 4.47 Å². The zero-order valence-corrected chi connectivity index (χ0v) is 19.6. The van der Waals surface area contributed by atoms with Crippen LogP contribution < -0.4 is 10.1 Å². The molecule has 0 spiro atoms. The fraction of sp³-hybridized carbons (Fsp3) is 0.333. The Balaban J connectivity index is 1.52. The number of para-hydroxylation sites is 1. The molecule has 0 aromatic heterocycles. The summed E-state index contributed by atoms with van der Waals surface area (Å²) >= 11 is 4.82. The maximum Gasteiger partial charge on any atom is 0.264 e. The number of ether oxygens (including phenoxy) is 1. The SMILES string of the molecule is CCCCCCCCOc1ccc(/C=C2/SC(=Nc3ccccc3Br)NC2=O)cc1. The van der Waals surface area contributed by atoms with Gasteiger partial charge in [-0.05, 0) is 70.0 Å². The van der Waals surface area contributed by atoms with Gasteiger partial charge in [-0.2, -0.15) is 0 Å². The molecule has 1 amide bonds. The number of amidine groups is 1. The molecule has 6 heteroatoms. The van der Waals surface area contributed by atoms with Crippen molar-refractivity contribution < 1.29 is 9.53 Å². The van der Waals surface area contributed by atoms with Crippen LogP contribution in [0, 0.1) is 0 Å². The minimum atomic E-state index is -0.130. The largest absolute Gasteiger partial charge is 0.494 e. The van der Waals surface area contributed by atoms with Gasteiger partial charge in [0.25, 0.3) is 5.91 Å². The number of carbonyl (C=O) groups excluding carboxylic acids is 1. The highest BCUT2D eigenvalue weighted by atomic mass is 79.9. The Morgan fingerprint density at radius 1 is 1.03 bits per heavy atom. The van der Waals surface area contributed by atoms with E-state index in [1.807, 2.05) is 54.6 Å². The van der Waals surface area contributed by atoms with Gasteiger partial charge in [0.1, 0.15) is 5.75 Å². The lowest BCUT2D eigenvalue weighted by Gasteiger charge is -2.06. The van der Waals surface area contributed by atoms with E-state index in [2.05, 4.69) is 33.2 Å². The van der Waals surface area contributed by atoms with E-state index in [-0.39, 0.29) is 5.91 Å². The van der Waals surface area contributed by atoms with Gasteiger partial charge in [-0.25, -0.2) is 4.99 Å². The lowest BCUT2D eigenvalue weighted by atomic mass is 10.1. The number of unbranched alkanes of at least 4 members (excludes halogenated alkanes) is 5. The van der Waals surface area contributed by atoms with E-state index in [0.29, 0.717) is 10.1 Å². The molecule has 1 saturated heterocycles. The molecule has 0 bridgehead atoms. The lowest BCUT2D eigenvalue weighted by Crippen LogP contribution is -2.19. The summed E-state index contributed by atoms with van der Waals surface area (Å²) in [5.74, 6) is 0.736. The van der Waals surface area contributed by atoms with Crippen molar-refractivity contribution in [3.05, 3.63) is 63.5 Å². The maximum absolute atomic E-state index is 12.3. The Hall–Kier alpha value is -2.05. The molecule has 1 aliphatic heterocycles. The molecular formula is C24H27BrN2O2S. The fourth-order valence-electron chi connectivity index (χ4n) is 3.02. The number of thioether (sulfide) groups is 1. The first-order chi connectivity index (χ1) is 14.7. The van der Waals surface area contributed by atoms with Crippen LogP contribution in [-0.2, 0) is 4.79 Å². The normalized spacial score (nSPS) is 16.3. The highest BCUT2D eigenvalue weighted by Crippen LogP contribution is 2.31. The number of rotatable bonds is 10. The summed E-state index contributed by atoms with van der Waals surface area (Å²) in [4.78, 5) is 17.4. The second-order valence-electron chi connectivity index (χ2n) is 7.12. The van der Waals surface area contributed by atoms with Crippen molar-refractivity contribution in [3.8, 4) is 5.75 Å². The van der Waals surface area contributed by atoms with Crippen LogP contribution in [0.5, 0.6) is 5.75 Å². The molecule has 1 N–H and O–H groups in total. The Labute approximate surface area is 191 Å². The Morgan fingerprint density at radius 2 is 1.77 bits per heavy atom. The smallest absolute Gasteiger partial charge is 0.264 e. The summed E-state index contributed by atoms with van der Waals surface area (Å²) in [5, 5.41) is 3.40. The van der Waals surface area contributed by atoms with Crippen LogP contribution in [0.2, 0.25) is 0 Å². The lowest BCUT2D eigenvalue weighted by molar-refractivity contribution is -0.115. The van der Waals surface area contributed by atoms with Crippen molar-refractivity contribution in [1.29, 1.82) is 0 Å². The van der Waals surface area contributed by atoms with Crippen LogP contribution in [0.4, 0.5) is 5.69 Å². The molecule has 4 nitrogen and oxygen atoms in total. The molecule has 2 aromatic rings. The topological polar surface area (TPSA) is 50.7 Å². The fourth-order valence-corrected chi connectivity index (χ4v) is 4.22. The van der Waals surface area contributed by atoms with Crippen LogP contribution in [-0.4, -0.2) is 17.7 Å². The standard InChI is InChI=1S/C24H27BrN2O2S/c1-2-3-4-5-6-9-16-29-19-14-12-18(13-15-19)17-22-23(28)27-24(30-22)26-21-11-8-7-10-20(21)25/h7-8,10-15,17H,2-6,9,16H2,1H3,(H,26,27,28)/b22-17+. The van der Waals surface area contributed by atoms with Gasteiger partial charge in [0.2, 0.25) is 0 Å². The number of aliphatic imine (C=N–C) groups is 1. The minimum absolute atomic E-state index is 0.130. The Morgan fingerprint density at radius 3 is 2.53 bits per heavy atom. The van der Waals surface area contributed by atoms with E-state index >= 15 is 0 Å². The number of hydrogen-bond donors (Lipinski definition) is 1. The maximum atomic E-state index is 12.3. The zero-order valence-electron chi connectivity index (χ0n) is 17.2. The molecule has 0 aliphatic carbocycles. The minimum Gasteiger partial charge on any atom is -0.494 e. The van der Waals surface area contributed by atoms with Crippen molar-refractivity contribution in [3.63, 3.8) is 0 Å². The van der Waals surface area contributed by atoms with Crippen LogP contribution in [0.3, 0.4) is 0 Å². The molecule has 0 saturated carbocycles. The third-order valence-electron chi connectivity index (χ3n) is 4.67. The molecular weight excluding hydrogens is 460 g/mol. The highest BCUT2D eigenvalue weighted by Gasteiger charge is 2.24. The van der Waals surface area contributed by atoms with Crippen molar-refractivity contribution in [2.24, 2.45) is 4.99 Å². The Bertz CT molecular complexity index is 910. The van der Waals surface area contributed by atoms with E-state index < -0.39 is 0 Å². The first-order valence-corrected chi connectivity index (χ1v) is 12.0. The number of nitrogens with one attached hydrogen (secondary N) is 1. The Kier molecular flexibility index (Phi) is 9.02. The van der Waals surface area contributed by atoms with Gasteiger partial charge >= 0.3 is 0 Å². The summed E-state index contributed by atoms with van der Waals surface area (Å²) in [7, 11) is 0. The highest BCUT2D eigenvalue weighted by molar-refractivity contribution is 9.10. The predicted molar refractivity (Wildman–Crippen MR) is 130 cm³/mol. The monoisotopic (exact) mass is 486 g/mol. The summed E-state index contributed by atoms with van der Waals surface area (Å²) in [6, 6.07) is 15.5. The quantitative estimate of drug-likeness (QED) is 0.288. The summed E-state index contributed by atoms with van der Waals surface area (Å²) in [6.45, 7) is 2.98. The number of amides is 1. The van der Waals surface area contributed by atoms with Crippen LogP contribution in [0.15, 0.2) is 62.9 Å². The van der Waals surface area contributed by atoms with Gasteiger partial charge in [-0.15, -0.1) is 0 Å². The molecule has 3 rings (SSSR count). The number of halogens is 1. The van der Waals surface area contributed by atoms with E-state index in [1.54, 1.807) is 0 Å². The summed E-state index contributed by atoms with van der Waals surface area (Å²) in [5.41, 5.74) is 1.75. The average molecular weight is 487 g/mol. The predicted octanol–water partition coefficient (Wildman–Crippen LogP) is 7.08. The second-order valence-corrected chi connectivity index (χ2v) is 9.00. The van der Waals surface area contributed by atoms with E-state index in [1.165, 1.54) is 43.9 Å². The van der Waals surface area contributed by atoms with Crippen molar-refractivity contribution in [2.75, 3.05) is 6.61 Å². The van der Waals surface area contributed by atoms with E-state index in [4.69, 9.17) is 4.74 Å². The van der Waals surface area contributed by atoms with E-state index in [0.717, 1.165) is 34.5 Å². The number of carbonyl (C=O) groups is 1. The van der Waals surface area contributed by atoms with Gasteiger partial charge in [-0.3, -0.25) is 4.79 Å². The van der Waals surface area contributed by atoms with Crippen LogP contribution in [0.25, 0.3) is 6.08 Å². The molecule has 158 valence electrons. The van der Waals surface area contributed by atoms with E-state index in [9.17, 15) is 4.79 Å². The molecule has 1 fully saturated rings. The molecule has 1 aliphatic rings. The number of nitrogens with zero attached hydrogens (tertiary/aromatic N) is 1. The second kappa shape index (κ2) is 12.0. The van der Waals surface area contributed by atoms with Crippen molar-refractivity contribution in [2.45, 2.75) is 45.4 Å². The summed E-state index contributed by atoms with van der Waals surface area (Å²) < 4.78 is 6.71. The van der Waals surface area contributed by atoms with Crippen molar-refractivity contribution >= 4 is 50.5 Å². The van der Waals surface area contributed by atoms with Gasteiger partial charge in [0.05, 0.1) is 17.2 Å². The molecule has 30 heavy (non-hydrogen) atoms. The van der Waals surface area contributed by atoms with Gasteiger partial charge < -0.3 is 10.1 Å². The number of hydrogen-bond acceptors (Lipinski definition) is 4. The first-order valence-electron chi connectivity index (χ1n) is 10.4. The van der Waals surface area contributed by atoms with Gasteiger partial charge in [-0.1, -0.05) is 63.3 Å². The number of benzene rings is 2. The summed E-state index contributed by atoms with van der Waals surface area (Å²) in [6.07, 6.45) is 9.39. The third-order valence-corrected chi connectivity index (χ3v) is 6.25. The third kappa shape index (κ3) is 7.03. The molecule has 0 unspecified atom stereocenters.